The highest BCUT2D eigenvalue weighted by Gasteiger charge is 2.05. The van der Waals surface area contributed by atoms with Crippen LogP contribution < -0.4 is 0 Å². The van der Waals surface area contributed by atoms with E-state index in [1.807, 2.05) is 0 Å². The van der Waals surface area contributed by atoms with Crippen molar-refractivity contribution in [3.63, 3.8) is 0 Å². The second-order valence-corrected chi connectivity index (χ2v) is 1.35. The van der Waals surface area contributed by atoms with Crippen molar-refractivity contribution in [1.29, 1.82) is 0 Å². The molecule has 0 atom stereocenters. The van der Waals surface area contributed by atoms with Crippen LogP contribution in [0.3, 0.4) is 0 Å². The van der Waals surface area contributed by atoms with Gasteiger partial charge in [0.1, 0.15) is 0 Å². The zero-order valence-corrected chi connectivity index (χ0v) is 4.40. The first-order chi connectivity index (χ1) is 4.34. The summed E-state index contributed by atoms with van der Waals surface area (Å²) in [4.78, 5) is 23.6. The van der Waals surface area contributed by atoms with Gasteiger partial charge in [0, 0.05) is 0 Å². The van der Waals surface area contributed by atoms with Gasteiger partial charge >= 0.3 is 0 Å². The zero-order chi connectivity index (χ0) is 6.69. The molecule has 1 aromatic rings. The maximum atomic E-state index is 10.4. The summed E-state index contributed by atoms with van der Waals surface area (Å²) in [7, 11) is 0. The number of aromatic nitrogens is 1. The fourth-order valence-corrected chi connectivity index (χ4v) is 0.396. The first-order valence-electron chi connectivity index (χ1n) is 2.22. The normalized spacial score (nSPS) is 8.89. The highest BCUT2D eigenvalue weighted by Crippen LogP contribution is 1.94. The smallest absolute Gasteiger partial charge is 0.262 e. The topological polar surface area (TPSA) is 60.2 Å². The monoisotopic (exact) mass is 125 g/mol. The molecule has 4 heteroatoms. The molecule has 1 aromatic heterocycles. The average molecular weight is 125 g/mol. The molecular formula is C5H3NO3. The predicted octanol–water partition coefficient (Wildman–Crippen LogP) is 0.0562. The molecule has 0 bridgehead atoms. The van der Waals surface area contributed by atoms with Crippen molar-refractivity contribution in [2.75, 3.05) is 0 Å². The molecule has 0 aromatic carbocycles. The number of carbonyl (C=O) groups excluding carboxylic acids is 2. The maximum absolute atomic E-state index is 10.4. The van der Waals surface area contributed by atoms with Crippen LogP contribution in [0.25, 0.3) is 0 Å². The van der Waals surface area contributed by atoms with Crippen LogP contribution in [0, 0.1) is 0 Å². The van der Waals surface area contributed by atoms with Crippen molar-refractivity contribution < 1.29 is 14.0 Å². The van der Waals surface area contributed by atoms with E-state index in [1.165, 1.54) is 6.20 Å². The lowest BCUT2D eigenvalue weighted by Gasteiger charge is -1.77. The summed E-state index contributed by atoms with van der Waals surface area (Å²) in [5.41, 5.74) is 0. The van der Waals surface area contributed by atoms with Crippen molar-refractivity contribution in [3.05, 3.63) is 18.4 Å². The molecule has 0 aliphatic heterocycles. The molecule has 9 heavy (non-hydrogen) atoms. The minimum absolute atomic E-state index is 0.0231. The number of aldehydes is 1. The number of nitrogens with zero attached hydrogens (tertiary/aromatic N) is 1. The summed E-state index contributed by atoms with van der Waals surface area (Å²) in [6, 6.07) is 0. The van der Waals surface area contributed by atoms with Crippen molar-refractivity contribution in [3.8, 4) is 0 Å². The van der Waals surface area contributed by atoms with E-state index < -0.39 is 5.78 Å². The third-order valence-corrected chi connectivity index (χ3v) is 0.782. The van der Waals surface area contributed by atoms with Crippen LogP contribution in [0.1, 0.15) is 10.6 Å². The summed E-state index contributed by atoms with van der Waals surface area (Å²) in [5, 5.41) is 0. The Balaban J connectivity index is 2.89. The van der Waals surface area contributed by atoms with Gasteiger partial charge in [0.15, 0.2) is 18.4 Å². The molecule has 0 fully saturated rings. The second-order valence-electron chi connectivity index (χ2n) is 1.35. The molecule has 0 amide bonds. The standard InChI is InChI=1S/C5H3NO3/c7-2-4(8)5-1-6-3-9-5/h1-3H. The molecule has 0 aliphatic carbocycles. The van der Waals surface area contributed by atoms with E-state index in [4.69, 9.17) is 0 Å². The fraction of sp³-hybridized carbons (Fsp3) is 0. The van der Waals surface area contributed by atoms with E-state index >= 15 is 0 Å². The number of ketones is 1. The van der Waals surface area contributed by atoms with Crippen LogP contribution in [-0.2, 0) is 4.79 Å². The number of carbonyl (C=O) groups is 2. The van der Waals surface area contributed by atoms with Crippen LogP contribution in [0.4, 0.5) is 0 Å². The Kier molecular flexibility index (Phi) is 1.40. The van der Waals surface area contributed by atoms with Crippen LogP contribution >= 0.6 is 0 Å². The lowest BCUT2D eigenvalue weighted by atomic mass is 10.4. The first kappa shape index (κ1) is 5.68. The Morgan fingerprint density at radius 3 is 3.00 bits per heavy atom. The van der Waals surface area contributed by atoms with Gasteiger partial charge in [0.2, 0.25) is 0 Å². The van der Waals surface area contributed by atoms with E-state index in [0.29, 0.717) is 0 Å². The van der Waals surface area contributed by atoms with Gasteiger partial charge in [-0.05, 0) is 0 Å². The van der Waals surface area contributed by atoms with Crippen LogP contribution in [-0.4, -0.2) is 17.1 Å². The third kappa shape index (κ3) is 1.02. The van der Waals surface area contributed by atoms with Crippen molar-refractivity contribution in [1.82, 2.24) is 4.98 Å². The SMILES string of the molecule is O=CC(=O)c1cnco1. The minimum atomic E-state index is -0.688. The van der Waals surface area contributed by atoms with E-state index in [2.05, 4.69) is 9.40 Å². The summed E-state index contributed by atoms with van der Waals surface area (Å²) in [6.07, 6.45) is 2.47. The molecule has 0 aliphatic rings. The van der Waals surface area contributed by atoms with Gasteiger partial charge in [0.05, 0.1) is 6.20 Å². The molecule has 1 rings (SSSR count). The van der Waals surface area contributed by atoms with Crippen LogP contribution in [0.15, 0.2) is 17.0 Å². The molecule has 0 N–H and O–H groups in total. The summed E-state index contributed by atoms with van der Waals surface area (Å²) < 4.78 is 4.49. The van der Waals surface area contributed by atoms with Gasteiger partial charge in [-0.3, -0.25) is 9.59 Å². The highest BCUT2D eigenvalue weighted by molar-refractivity contribution is 6.32. The lowest BCUT2D eigenvalue weighted by molar-refractivity contribution is -0.104. The molecular weight excluding hydrogens is 122 g/mol. The van der Waals surface area contributed by atoms with Gasteiger partial charge in [-0.15, -0.1) is 0 Å². The van der Waals surface area contributed by atoms with Crippen molar-refractivity contribution in [2.24, 2.45) is 0 Å². The van der Waals surface area contributed by atoms with Gasteiger partial charge in [-0.25, -0.2) is 4.98 Å². The largest absolute Gasteiger partial charge is 0.440 e. The fourth-order valence-electron chi connectivity index (χ4n) is 0.396. The third-order valence-electron chi connectivity index (χ3n) is 0.782. The lowest BCUT2D eigenvalue weighted by Crippen LogP contribution is -1.96. The number of rotatable bonds is 2. The van der Waals surface area contributed by atoms with E-state index in [1.54, 1.807) is 0 Å². The molecule has 1 heterocycles. The Morgan fingerprint density at radius 2 is 2.56 bits per heavy atom. The quantitative estimate of drug-likeness (QED) is 0.318. The number of hydrogen-bond acceptors (Lipinski definition) is 4. The average Bonchev–Trinajstić information content (AvgIpc) is 2.37. The first-order valence-corrected chi connectivity index (χ1v) is 2.22. The Morgan fingerprint density at radius 1 is 1.78 bits per heavy atom. The molecule has 0 unspecified atom stereocenters. The Bertz CT molecular complexity index is 214. The molecule has 46 valence electrons. The van der Waals surface area contributed by atoms with Gasteiger partial charge in [-0.2, -0.15) is 0 Å². The van der Waals surface area contributed by atoms with Gasteiger partial charge in [-0.1, -0.05) is 0 Å². The number of Topliss-reactive ketones (excluding diaryl/α,β-unsaturated/α-hetero) is 1. The summed E-state index contributed by atoms with van der Waals surface area (Å²) in [6.45, 7) is 0. The van der Waals surface area contributed by atoms with Gasteiger partial charge in [0.25, 0.3) is 5.78 Å². The molecule has 4 nitrogen and oxygen atoms in total. The molecule has 0 radical (unpaired) electrons. The Hall–Kier alpha value is -1.45. The highest BCUT2D eigenvalue weighted by atomic mass is 16.3. The number of hydrogen-bond donors (Lipinski definition) is 0. The Labute approximate surface area is 50.5 Å². The zero-order valence-electron chi connectivity index (χ0n) is 4.40. The number of oxazole rings is 1. The van der Waals surface area contributed by atoms with E-state index in [0.717, 1.165) is 6.39 Å². The van der Waals surface area contributed by atoms with E-state index in [9.17, 15) is 9.59 Å². The van der Waals surface area contributed by atoms with E-state index in [-0.39, 0.29) is 12.0 Å². The van der Waals surface area contributed by atoms with Crippen LogP contribution in [0.2, 0.25) is 0 Å². The molecule has 0 saturated heterocycles. The molecule has 0 spiro atoms. The summed E-state index contributed by atoms with van der Waals surface area (Å²) in [5.74, 6) is -0.711. The maximum Gasteiger partial charge on any atom is 0.262 e. The predicted molar refractivity (Wildman–Crippen MR) is 26.9 cm³/mol. The summed E-state index contributed by atoms with van der Waals surface area (Å²) >= 11 is 0. The van der Waals surface area contributed by atoms with Gasteiger partial charge < -0.3 is 4.42 Å². The van der Waals surface area contributed by atoms with Crippen molar-refractivity contribution in [2.45, 2.75) is 0 Å². The van der Waals surface area contributed by atoms with Crippen molar-refractivity contribution >= 4 is 12.1 Å². The minimum Gasteiger partial charge on any atom is -0.440 e. The van der Waals surface area contributed by atoms with Crippen LogP contribution in [0.5, 0.6) is 0 Å². The second kappa shape index (κ2) is 2.21. The molecule has 0 saturated carbocycles.